The van der Waals surface area contributed by atoms with E-state index in [9.17, 15) is 27.6 Å². The van der Waals surface area contributed by atoms with Gasteiger partial charge in [0.15, 0.2) is 5.65 Å². The molecule has 1 aliphatic heterocycles. The number of fused-ring (bicyclic) bond motifs is 3. The van der Waals surface area contributed by atoms with E-state index in [1.807, 2.05) is 0 Å². The Morgan fingerprint density at radius 3 is 2.40 bits per heavy atom. The maximum Gasteiger partial charge on any atom is 0.573 e. The molecule has 0 fully saturated rings. The molecule has 5 aromatic rings. The number of nitrogens with one attached hydrogen (secondary N) is 2. The lowest BCUT2D eigenvalue weighted by Gasteiger charge is -2.29. The summed E-state index contributed by atoms with van der Waals surface area (Å²) in [4.78, 5) is 41.5. The van der Waals surface area contributed by atoms with Crippen molar-refractivity contribution in [3.8, 4) is 11.4 Å². The van der Waals surface area contributed by atoms with E-state index in [-0.39, 0.29) is 49.2 Å². The third-order valence-electron chi connectivity index (χ3n) is 7.70. The Morgan fingerprint density at radius 1 is 1.04 bits per heavy atom. The lowest BCUT2D eigenvalue weighted by Crippen LogP contribution is -2.41. The minimum Gasteiger partial charge on any atom is -0.406 e. The number of alkyl halides is 3. The summed E-state index contributed by atoms with van der Waals surface area (Å²) in [5.74, 6) is -0.882. The zero-order valence-corrected chi connectivity index (χ0v) is 26.9. The van der Waals surface area contributed by atoms with Crippen LogP contribution in [0.5, 0.6) is 5.75 Å². The predicted octanol–water partition coefficient (Wildman–Crippen LogP) is 5.97. The zero-order valence-electron chi connectivity index (χ0n) is 24.6. The molecule has 0 bridgehead atoms. The largest absolute Gasteiger partial charge is 0.573 e. The molecule has 15 heteroatoms. The molecular formula is C32H25BrClF3N6O4. The Bertz CT molecular complexity index is 2060. The van der Waals surface area contributed by atoms with Crippen molar-refractivity contribution in [2.45, 2.75) is 25.9 Å². The molecule has 1 aliphatic rings. The highest BCUT2D eigenvalue weighted by Gasteiger charge is 2.31. The van der Waals surface area contributed by atoms with Gasteiger partial charge in [0.2, 0.25) is 0 Å². The van der Waals surface area contributed by atoms with Gasteiger partial charge in [-0.1, -0.05) is 23.7 Å². The fourth-order valence-electron chi connectivity index (χ4n) is 5.42. The molecular weight excluding hydrogens is 705 g/mol. The van der Waals surface area contributed by atoms with Gasteiger partial charge < -0.3 is 20.3 Å². The summed E-state index contributed by atoms with van der Waals surface area (Å²) >= 11 is 9.58. The standard InChI is InChI=1S/C32H25BrClF3N6O4/c1-38-28(44)19-4-7-21(8-5-19)42-29-26(39-15-18-2-9-22(10-3-18)47-32(35,36)37)16-40-43(29)27-17-41(13-12-23(27)31(42)46)30(45)20-6-11-24(33)25(34)14-20/h2-11,14,16,39H,12-13,15,17H2,1H3,(H,38,44). The summed E-state index contributed by atoms with van der Waals surface area (Å²) in [6, 6.07) is 16.9. The summed E-state index contributed by atoms with van der Waals surface area (Å²) < 4.78 is 45.5. The molecule has 0 aliphatic carbocycles. The average molecular weight is 730 g/mol. The van der Waals surface area contributed by atoms with Gasteiger partial charge in [0.1, 0.15) is 5.75 Å². The molecule has 3 heterocycles. The first-order valence-electron chi connectivity index (χ1n) is 14.2. The number of anilines is 1. The number of carbonyl (C=O) groups is 2. The van der Waals surface area contributed by atoms with E-state index in [4.69, 9.17) is 11.6 Å². The van der Waals surface area contributed by atoms with Crippen molar-refractivity contribution in [1.29, 1.82) is 0 Å². The van der Waals surface area contributed by atoms with Gasteiger partial charge in [-0.25, -0.2) is 4.52 Å². The number of carbonyl (C=O) groups excluding carboxylic acids is 2. The normalized spacial score (nSPS) is 12.9. The van der Waals surface area contributed by atoms with Crippen molar-refractivity contribution >= 4 is 50.7 Å². The number of benzene rings is 3. The highest BCUT2D eigenvalue weighted by atomic mass is 79.9. The molecule has 10 nitrogen and oxygen atoms in total. The van der Waals surface area contributed by atoms with E-state index >= 15 is 0 Å². The SMILES string of the molecule is CNC(=O)c1ccc(-n2c(=O)c3c(n4ncc(NCc5ccc(OC(F)(F)F)cc5)c24)CN(C(=O)c2ccc(Br)c(Cl)c2)CC3)cc1. The highest BCUT2D eigenvalue weighted by Crippen LogP contribution is 2.29. The van der Waals surface area contributed by atoms with E-state index in [0.717, 1.165) is 0 Å². The topological polar surface area (TPSA) is 110 Å². The summed E-state index contributed by atoms with van der Waals surface area (Å²) in [5.41, 5.74) is 3.48. The van der Waals surface area contributed by atoms with Crippen LogP contribution in [-0.2, 0) is 19.5 Å². The van der Waals surface area contributed by atoms with E-state index < -0.39 is 6.36 Å². The molecule has 2 amide bonds. The number of amides is 2. The number of aromatic nitrogens is 3. The van der Waals surface area contributed by atoms with Crippen LogP contribution in [0.25, 0.3) is 11.3 Å². The Kier molecular flexibility index (Phi) is 8.72. The van der Waals surface area contributed by atoms with Crippen LogP contribution >= 0.6 is 27.5 Å². The van der Waals surface area contributed by atoms with Gasteiger partial charge in [0.25, 0.3) is 17.4 Å². The molecule has 6 rings (SSSR count). The number of rotatable bonds is 7. The summed E-state index contributed by atoms with van der Waals surface area (Å²) in [5, 5.41) is 10.8. The first-order chi connectivity index (χ1) is 22.4. The number of hydrogen-bond acceptors (Lipinski definition) is 6. The van der Waals surface area contributed by atoms with Crippen molar-refractivity contribution in [2.24, 2.45) is 0 Å². The molecule has 242 valence electrons. The Hall–Kier alpha value is -4.82. The van der Waals surface area contributed by atoms with Gasteiger partial charge in [-0.15, -0.1) is 13.2 Å². The van der Waals surface area contributed by atoms with Gasteiger partial charge in [-0.05, 0) is 82.5 Å². The number of ether oxygens (including phenoxy) is 1. The van der Waals surface area contributed by atoms with Crippen LogP contribution in [0.15, 0.2) is 82.2 Å². The van der Waals surface area contributed by atoms with Gasteiger partial charge >= 0.3 is 6.36 Å². The maximum absolute atomic E-state index is 14.2. The quantitative estimate of drug-likeness (QED) is 0.214. The summed E-state index contributed by atoms with van der Waals surface area (Å²) in [6.45, 7) is 0.575. The van der Waals surface area contributed by atoms with Gasteiger partial charge in [-0.3, -0.25) is 19.0 Å². The van der Waals surface area contributed by atoms with Crippen molar-refractivity contribution in [3.05, 3.63) is 121 Å². The maximum atomic E-state index is 14.2. The fourth-order valence-corrected chi connectivity index (χ4v) is 5.85. The summed E-state index contributed by atoms with van der Waals surface area (Å²) in [6.07, 6.45) is -2.99. The monoisotopic (exact) mass is 728 g/mol. The third-order valence-corrected chi connectivity index (χ3v) is 8.93. The van der Waals surface area contributed by atoms with Gasteiger partial charge in [0, 0.05) is 41.3 Å². The molecule has 2 N–H and O–H groups in total. The van der Waals surface area contributed by atoms with Crippen molar-refractivity contribution < 1.29 is 27.5 Å². The molecule has 0 spiro atoms. The Morgan fingerprint density at radius 2 is 1.74 bits per heavy atom. The van der Waals surface area contributed by atoms with E-state index in [2.05, 4.69) is 36.4 Å². The van der Waals surface area contributed by atoms with Gasteiger partial charge in [-0.2, -0.15) is 5.10 Å². The van der Waals surface area contributed by atoms with Gasteiger partial charge in [0.05, 0.1) is 34.8 Å². The first-order valence-corrected chi connectivity index (χ1v) is 15.4. The lowest BCUT2D eigenvalue weighted by molar-refractivity contribution is -0.274. The molecule has 0 saturated carbocycles. The van der Waals surface area contributed by atoms with Crippen LogP contribution in [0.1, 0.15) is 37.5 Å². The second kappa shape index (κ2) is 12.8. The second-order valence-corrected chi connectivity index (χ2v) is 11.9. The van der Waals surface area contributed by atoms with E-state index in [1.54, 1.807) is 58.1 Å². The Labute approximate surface area is 278 Å². The first kappa shape index (κ1) is 32.1. The molecule has 0 radical (unpaired) electrons. The van der Waals surface area contributed by atoms with Crippen LogP contribution < -0.4 is 20.9 Å². The van der Waals surface area contributed by atoms with Crippen LogP contribution in [0.2, 0.25) is 5.02 Å². The predicted molar refractivity (Wildman–Crippen MR) is 172 cm³/mol. The van der Waals surface area contributed by atoms with E-state index in [1.165, 1.54) is 35.9 Å². The van der Waals surface area contributed by atoms with Crippen molar-refractivity contribution in [1.82, 2.24) is 24.4 Å². The minimum absolute atomic E-state index is 0.103. The molecule has 0 unspecified atom stereocenters. The number of halogens is 5. The lowest BCUT2D eigenvalue weighted by atomic mass is 10.0. The van der Waals surface area contributed by atoms with Crippen molar-refractivity contribution in [3.63, 3.8) is 0 Å². The molecule has 2 aromatic heterocycles. The van der Waals surface area contributed by atoms with Crippen LogP contribution in [0.3, 0.4) is 0 Å². The molecule has 0 saturated heterocycles. The Balaban J connectivity index is 1.39. The second-order valence-electron chi connectivity index (χ2n) is 10.6. The number of hydrogen-bond donors (Lipinski definition) is 2. The highest BCUT2D eigenvalue weighted by molar-refractivity contribution is 9.10. The van der Waals surface area contributed by atoms with E-state index in [0.29, 0.717) is 54.5 Å². The molecule has 0 atom stereocenters. The third kappa shape index (κ3) is 6.56. The number of nitrogens with zero attached hydrogens (tertiary/aromatic N) is 4. The minimum atomic E-state index is -4.80. The fraction of sp³-hybridized carbons (Fsp3) is 0.188. The average Bonchev–Trinajstić information content (AvgIpc) is 3.48. The van der Waals surface area contributed by atoms with Crippen LogP contribution in [0, 0.1) is 0 Å². The molecule has 47 heavy (non-hydrogen) atoms. The zero-order chi connectivity index (χ0) is 33.5. The van der Waals surface area contributed by atoms with Crippen molar-refractivity contribution in [2.75, 3.05) is 18.9 Å². The van der Waals surface area contributed by atoms with Crippen LogP contribution in [0.4, 0.5) is 18.9 Å². The summed E-state index contributed by atoms with van der Waals surface area (Å²) in [7, 11) is 1.52. The smallest absolute Gasteiger partial charge is 0.406 e. The molecule has 3 aromatic carbocycles. The van der Waals surface area contributed by atoms with Crippen LogP contribution in [-0.4, -0.2) is 50.9 Å².